The molecule has 0 amide bonds. The number of nitrogens with two attached hydrogens (primary N) is 1. The number of thioether (sulfide) groups is 1. The van der Waals surface area contributed by atoms with Gasteiger partial charge in [-0.3, -0.25) is 0 Å². The van der Waals surface area contributed by atoms with Crippen LogP contribution in [0.3, 0.4) is 0 Å². The minimum Gasteiger partial charge on any atom is -0.327 e. The number of hydrogen-bond donors (Lipinski definition) is 1. The summed E-state index contributed by atoms with van der Waals surface area (Å²) >= 11 is 1.98. The maximum Gasteiger partial charge on any atom is 0.0180 e. The van der Waals surface area contributed by atoms with Gasteiger partial charge < -0.3 is 5.73 Å². The van der Waals surface area contributed by atoms with E-state index in [1.165, 1.54) is 22.4 Å². The Morgan fingerprint density at radius 1 is 1.57 bits per heavy atom. The average molecular weight is 205 g/mol. The predicted molar refractivity (Wildman–Crippen MR) is 63.6 cm³/mol. The molecule has 0 saturated heterocycles. The quantitative estimate of drug-likeness (QED) is 0.803. The van der Waals surface area contributed by atoms with E-state index < -0.39 is 0 Å². The molecule has 1 atom stereocenters. The molecule has 0 saturated carbocycles. The Bertz CT molecular complexity index is 357. The van der Waals surface area contributed by atoms with Crippen molar-refractivity contribution in [1.82, 2.24) is 0 Å². The fourth-order valence-electron chi connectivity index (χ4n) is 1.79. The molecule has 14 heavy (non-hydrogen) atoms. The lowest BCUT2D eigenvalue weighted by molar-refractivity contribution is 0.959. The van der Waals surface area contributed by atoms with E-state index in [4.69, 9.17) is 5.73 Å². The van der Waals surface area contributed by atoms with E-state index in [1.807, 2.05) is 17.8 Å². The van der Waals surface area contributed by atoms with Crippen molar-refractivity contribution in [1.29, 1.82) is 0 Å². The Balaban J connectivity index is 2.34. The Hall–Kier alpha value is -0.730. The first-order chi connectivity index (χ1) is 6.81. The summed E-state index contributed by atoms with van der Waals surface area (Å²) in [4.78, 5) is 1.45. The van der Waals surface area contributed by atoms with Gasteiger partial charge in [-0.15, -0.1) is 11.8 Å². The molecule has 2 rings (SSSR count). The molecule has 1 heterocycles. The summed E-state index contributed by atoms with van der Waals surface area (Å²) in [6.07, 6.45) is 5.34. The summed E-state index contributed by atoms with van der Waals surface area (Å²) in [5, 5.41) is 0.720. The highest BCUT2D eigenvalue weighted by Gasteiger charge is 2.19. The van der Waals surface area contributed by atoms with Gasteiger partial charge >= 0.3 is 0 Å². The van der Waals surface area contributed by atoms with Crippen molar-refractivity contribution in [3.05, 3.63) is 35.4 Å². The predicted octanol–water partition coefficient (Wildman–Crippen LogP) is 2.70. The molecule has 0 spiro atoms. The Kier molecular flexibility index (Phi) is 2.94. The van der Waals surface area contributed by atoms with E-state index in [0.717, 1.165) is 5.25 Å². The van der Waals surface area contributed by atoms with E-state index in [-0.39, 0.29) is 0 Å². The van der Waals surface area contributed by atoms with Crippen molar-refractivity contribution < 1.29 is 0 Å². The van der Waals surface area contributed by atoms with Crippen LogP contribution < -0.4 is 5.73 Å². The highest BCUT2D eigenvalue weighted by atomic mass is 32.2. The van der Waals surface area contributed by atoms with Crippen LogP contribution in [0.2, 0.25) is 0 Å². The lowest BCUT2D eigenvalue weighted by Gasteiger charge is -2.02. The van der Waals surface area contributed by atoms with Crippen LogP contribution in [0.4, 0.5) is 0 Å². The molecule has 0 fully saturated rings. The summed E-state index contributed by atoms with van der Waals surface area (Å²) in [5.41, 5.74) is 8.26. The fourth-order valence-corrected chi connectivity index (χ4v) is 3.03. The SMILES string of the molecule is CC1Cc2cccc(/C=C/CN)c2S1. The second-order valence-electron chi connectivity index (χ2n) is 3.61. The van der Waals surface area contributed by atoms with Crippen molar-refractivity contribution in [2.24, 2.45) is 5.73 Å². The first-order valence-electron chi connectivity index (χ1n) is 4.96. The lowest BCUT2D eigenvalue weighted by Crippen LogP contribution is -1.92. The third-order valence-corrected chi connectivity index (χ3v) is 3.69. The smallest absolute Gasteiger partial charge is 0.0180 e. The molecule has 2 heteroatoms. The van der Waals surface area contributed by atoms with Crippen LogP contribution in [0.5, 0.6) is 0 Å². The van der Waals surface area contributed by atoms with Crippen molar-refractivity contribution >= 4 is 17.8 Å². The van der Waals surface area contributed by atoms with Gasteiger partial charge in [0.1, 0.15) is 0 Å². The zero-order chi connectivity index (χ0) is 9.97. The molecule has 74 valence electrons. The van der Waals surface area contributed by atoms with Crippen LogP contribution in [-0.4, -0.2) is 11.8 Å². The zero-order valence-electron chi connectivity index (χ0n) is 8.36. The van der Waals surface area contributed by atoms with E-state index >= 15 is 0 Å². The van der Waals surface area contributed by atoms with Gasteiger partial charge in [0.05, 0.1) is 0 Å². The normalized spacial score (nSPS) is 20.3. The van der Waals surface area contributed by atoms with Gasteiger partial charge in [-0.05, 0) is 17.5 Å². The molecule has 2 N–H and O–H groups in total. The van der Waals surface area contributed by atoms with Gasteiger partial charge in [0, 0.05) is 16.7 Å². The largest absolute Gasteiger partial charge is 0.327 e. The van der Waals surface area contributed by atoms with E-state index in [0.29, 0.717) is 6.54 Å². The third kappa shape index (κ3) is 1.86. The summed E-state index contributed by atoms with van der Waals surface area (Å²) in [6, 6.07) is 6.52. The molecule has 0 aromatic heterocycles. The minimum atomic E-state index is 0.615. The van der Waals surface area contributed by atoms with Gasteiger partial charge in [0.25, 0.3) is 0 Å². The molecule has 1 aromatic carbocycles. The van der Waals surface area contributed by atoms with Crippen molar-refractivity contribution in [2.75, 3.05) is 6.54 Å². The maximum absolute atomic E-state index is 5.46. The second kappa shape index (κ2) is 4.20. The molecule has 1 aromatic rings. The monoisotopic (exact) mass is 205 g/mol. The van der Waals surface area contributed by atoms with Crippen molar-refractivity contribution in [3.8, 4) is 0 Å². The Labute approximate surface area is 89.4 Å². The molecule has 1 aliphatic rings. The summed E-state index contributed by atoms with van der Waals surface area (Å²) < 4.78 is 0. The topological polar surface area (TPSA) is 26.0 Å². The molecule has 1 unspecified atom stereocenters. The highest BCUT2D eigenvalue weighted by Crippen LogP contribution is 2.39. The van der Waals surface area contributed by atoms with E-state index in [1.54, 1.807) is 0 Å². The van der Waals surface area contributed by atoms with E-state index in [2.05, 4.69) is 31.2 Å². The number of benzene rings is 1. The molecule has 1 aliphatic heterocycles. The standard InChI is InChI=1S/C12H15NS/c1-9-8-11-5-2-4-10(6-3-7-13)12(11)14-9/h2-6,9H,7-8,13H2,1H3/b6-3+. The highest BCUT2D eigenvalue weighted by molar-refractivity contribution is 8.00. The first-order valence-corrected chi connectivity index (χ1v) is 5.84. The second-order valence-corrected chi connectivity index (χ2v) is 5.05. The van der Waals surface area contributed by atoms with Crippen LogP contribution >= 0.6 is 11.8 Å². The van der Waals surface area contributed by atoms with Crippen LogP contribution in [0.1, 0.15) is 18.1 Å². The van der Waals surface area contributed by atoms with Gasteiger partial charge in [0.15, 0.2) is 0 Å². The fraction of sp³-hybridized carbons (Fsp3) is 0.333. The molecular formula is C12H15NS. The Morgan fingerprint density at radius 3 is 3.21 bits per heavy atom. The maximum atomic E-state index is 5.46. The molecular weight excluding hydrogens is 190 g/mol. The molecule has 0 aliphatic carbocycles. The average Bonchev–Trinajstić information content (AvgIpc) is 2.55. The van der Waals surface area contributed by atoms with Crippen LogP contribution in [-0.2, 0) is 6.42 Å². The van der Waals surface area contributed by atoms with Crippen LogP contribution in [0.25, 0.3) is 6.08 Å². The lowest BCUT2D eigenvalue weighted by atomic mass is 10.1. The number of rotatable bonds is 2. The van der Waals surface area contributed by atoms with Gasteiger partial charge in [-0.25, -0.2) is 0 Å². The van der Waals surface area contributed by atoms with Gasteiger partial charge in [-0.2, -0.15) is 0 Å². The number of hydrogen-bond acceptors (Lipinski definition) is 2. The van der Waals surface area contributed by atoms with Crippen molar-refractivity contribution in [2.45, 2.75) is 23.5 Å². The zero-order valence-corrected chi connectivity index (χ0v) is 9.18. The molecule has 0 radical (unpaired) electrons. The molecule has 0 bridgehead atoms. The summed E-state index contributed by atoms with van der Waals surface area (Å²) in [7, 11) is 0. The van der Waals surface area contributed by atoms with Crippen molar-refractivity contribution in [3.63, 3.8) is 0 Å². The van der Waals surface area contributed by atoms with Gasteiger partial charge in [0.2, 0.25) is 0 Å². The van der Waals surface area contributed by atoms with Crippen LogP contribution in [0.15, 0.2) is 29.2 Å². The number of fused-ring (bicyclic) bond motifs is 1. The summed E-state index contributed by atoms with van der Waals surface area (Å²) in [6.45, 7) is 2.89. The van der Waals surface area contributed by atoms with Crippen LogP contribution in [0, 0.1) is 0 Å². The minimum absolute atomic E-state index is 0.615. The third-order valence-electron chi connectivity index (χ3n) is 2.39. The molecule has 1 nitrogen and oxygen atoms in total. The van der Waals surface area contributed by atoms with E-state index in [9.17, 15) is 0 Å². The van der Waals surface area contributed by atoms with Gasteiger partial charge in [-0.1, -0.05) is 37.3 Å². The Morgan fingerprint density at radius 2 is 2.43 bits per heavy atom. The first kappa shape index (κ1) is 9.81. The summed E-state index contributed by atoms with van der Waals surface area (Å²) in [5.74, 6) is 0.